The van der Waals surface area contributed by atoms with E-state index in [1.807, 2.05) is 35.3 Å². The van der Waals surface area contributed by atoms with E-state index in [-0.39, 0.29) is 30.8 Å². The number of methoxy groups -OCH3 is 1. The first-order valence-corrected chi connectivity index (χ1v) is 17.7. The van der Waals surface area contributed by atoms with Gasteiger partial charge >= 0.3 is 6.09 Å². The Morgan fingerprint density at radius 3 is 2.50 bits per heavy atom. The molecule has 2 atom stereocenters. The second-order valence-corrected chi connectivity index (χ2v) is 14.8. The van der Waals surface area contributed by atoms with Crippen molar-refractivity contribution in [2.24, 2.45) is 11.8 Å². The normalized spacial score (nSPS) is 19.8. The molecule has 0 radical (unpaired) electrons. The van der Waals surface area contributed by atoms with E-state index in [1.54, 1.807) is 12.0 Å². The van der Waals surface area contributed by atoms with Crippen LogP contribution in [0.5, 0.6) is 0 Å². The van der Waals surface area contributed by atoms with Gasteiger partial charge in [-0.25, -0.2) is 9.48 Å². The van der Waals surface area contributed by atoms with Crippen molar-refractivity contribution in [3.05, 3.63) is 40.7 Å². The fourth-order valence-corrected chi connectivity index (χ4v) is 7.05. The average Bonchev–Trinajstić information content (AvgIpc) is 3.71. The fraction of sp³-hybridized carbons (Fsp3) is 0.694. The van der Waals surface area contributed by atoms with E-state index in [4.69, 9.17) is 14.2 Å². The molecule has 1 aliphatic carbocycles. The second kappa shape index (κ2) is 15.8. The van der Waals surface area contributed by atoms with E-state index in [0.29, 0.717) is 58.0 Å². The van der Waals surface area contributed by atoms with Crippen LogP contribution in [-0.4, -0.2) is 119 Å². The molecule has 3 heterocycles. The highest BCUT2D eigenvalue weighted by Crippen LogP contribution is 2.29. The number of aryl methyl sites for hydroxylation is 2. The van der Waals surface area contributed by atoms with Crippen molar-refractivity contribution < 1.29 is 28.6 Å². The first kappa shape index (κ1) is 35.8. The number of benzene rings is 1. The minimum absolute atomic E-state index is 0.0186. The molecular weight excluding hydrogens is 612 g/mol. The molecule has 0 N–H and O–H groups in total. The first-order chi connectivity index (χ1) is 22.9. The number of fused-ring (bicyclic) bond motifs is 1. The van der Waals surface area contributed by atoms with Crippen LogP contribution in [0.3, 0.4) is 0 Å². The number of likely N-dealkylation sites (tertiary alicyclic amines) is 1. The summed E-state index contributed by atoms with van der Waals surface area (Å²) in [6.07, 6.45) is 5.48. The van der Waals surface area contributed by atoms with Gasteiger partial charge in [-0.2, -0.15) is 0 Å². The van der Waals surface area contributed by atoms with Crippen LogP contribution < -0.4 is 0 Å². The quantitative estimate of drug-likeness (QED) is 0.326. The topological polar surface area (TPSA) is 119 Å². The van der Waals surface area contributed by atoms with Crippen LogP contribution in [0, 0.1) is 11.8 Å². The third-order valence-corrected chi connectivity index (χ3v) is 9.32. The molecule has 3 amide bonds. The predicted molar refractivity (Wildman–Crippen MR) is 181 cm³/mol. The number of morpholine rings is 1. The minimum atomic E-state index is -0.699. The molecule has 1 aromatic carbocycles. The highest BCUT2D eigenvalue weighted by molar-refractivity contribution is 5.94. The number of piperidine rings is 1. The SMILES string of the molecule is COCCCCc1c(C(=O)N(CC(C)C)C2CC(C(=O)N3CCOCC3)CN(C(=O)OC(C)(C)C)C2)nnn1-c1ccc2c(c1)CCC2. The van der Waals surface area contributed by atoms with Gasteiger partial charge in [0.2, 0.25) is 5.91 Å². The molecule has 264 valence electrons. The summed E-state index contributed by atoms with van der Waals surface area (Å²) in [7, 11) is 1.69. The molecule has 2 aliphatic heterocycles. The van der Waals surface area contributed by atoms with Crippen molar-refractivity contribution in [2.45, 2.75) is 91.2 Å². The van der Waals surface area contributed by atoms with Gasteiger partial charge in [-0.05, 0) is 94.9 Å². The molecule has 2 unspecified atom stereocenters. The zero-order valence-electron chi connectivity index (χ0n) is 29.7. The van der Waals surface area contributed by atoms with E-state index < -0.39 is 23.7 Å². The molecule has 1 aromatic heterocycles. The van der Waals surface area contributed by atoms with Crippen LogP contribution in [0.15, 0.2) is 18.2 Å². The molecule has 48 heavy (non-hydrogen) atoms. The Morgan fingerprint density at radius 2 is 1.79 bits per heavy atom. The molecule has 5 rings (SSSR count). The van der Waals surface area contributed by atoms with Crippen molar-refractivity contribution >= 4 is 17.9 Å². The summed E-state index contributed by atoms with van der Waals surface area (Å²) in [4.78, 5) is 47.3. The zero-order valence-corrected chi connectivity index (χ0v) is 29.7. The smallest absolute Gasteiger partial charge is 0.410 e. The van der Waals surface area contributed by atoms with Crippen LogP contribution >= 0.6 is 0 Å². The Kier molecular flexibility index (Phi) is 11.8. The molecule has 2 saturated heterocycles. The molecule has 2 aromatic rings. The van der Waals surface area contributed by atoms with Crippen LogP contribution in [-0.2, 0) is 38.3 Å². The number of rotatable bonds is 11. The Morgan fingerprint density at radius 1 is 1.04 bits per heavy atom. The lowest BCUT2D eigenvalue weighted by molar-refractivity contribution is -0.142. The van der Waals surface area contributed by atoms with E-state index in [2.05, 4.69) is 42.4 Å². The third-order valence-electron chi connectivity index (χ3n) is 9.32. The second-order valence-electron chi connectivity index (χ2n) is 14.8. The van der Waals surface area contributed by atoms with Crippen LogP contribution in [0.1, 0.15) is 87.6 Å². The summed E-state index contributed by atoms with van der Waals surface area (Å²) in [5.41, 5.74) is 3.98. The summed E-state index contributed by atoms with van der Waals surface area (Å²) in [5, 5.41) is 9.09. The summed E-state index contributed by atoms with van der Waals surface area (Å²) in [6, 6.07) is 6.00. The standard InChI is InChI=1S/C36H54N6O6/c1-25(2)22-41(30-21-28(33(43)39-15-18-47-19-16-39)23-40(24-30)35(45)48-36(3,4)5)34(44)32-31(12-7-8-17-46-6)42(38-37-32)29-14-13-26-10-9-11-27(26)20-29/h13-14,20,25,28,30H,7-12,15-19,21-24H2,1-6H3. The monoisotopic (exact) mass is 666 g/mol. The summed E-state index contributed by atoms with van der Waals surface area (Å²) in [6.45, 7) is 13.2. The van der Waals surface area contributed by atoms with Crippen molar-refractivity contribution in [2.75, 3.05) is 59.7 Å². The molecule has 12 nitrogen and oxygen atoms in total. The maximum Gasteiger partial charge on any atom is 0.410 e. The van der Waals surface area contributed by atoms with E-state index in [9.17, 15) is 14.4 Å². The lowest BCUT2D eigenvalue weighted by Crippen LogP contribution is -2.58. The number of ether oxygens (including phenoxy) is 3. The third kappa shape index (κ3) is 8.74. The highest BCUT2D eigenvalue weighted by atomic mass is 16.6. The van der Waals surface area contributed by atoms with Gasteiger partial charge in [-0.3, -0.25) is 9.59 Å². The van der Waals surface area contributed by atoms with Gasteiger partial charge in [0.25, 0.3) is 5.91 Å². The van der Waals surface area contributed by atoms with Gasteiger partial charge in [0.05, 0.1) is 36.6 Å². The van der Waals surface area contributed by atoms with Crippen molar-refractivity contribution in [1.29, 1.82) is 0 Å². The van der Waals surface area contributed by atoms with Gasteiger partial charge in [0.15, 0.2) is 5.69 Å². The summed E-state index contributed by atoms with van der Waals surface area (Å²) in [5.74, 6) is -0.593. The number of hydrogen-bond donors (Lipinski definition) is 0. The number of hydrogen-bond acceptors (Lipinski definition) is 8. The van der Waals surface area contributed by atoms with Gasteiger partial charge in [0, 0.05) is 46.4 Å². The van der Waals surface area contributed by atoms with Crippen molar-refractivity contribution in [1.82, 2.24) is 29.7 Å². The molecule has 0 bridgehead atoms. The molecule has 3 aliphatic rings. The molecule has 2 fully saturated rings. The summed E-state index contributed by atoms with van der Waals surface area (Å²) >= 11 is 0. The molecule has 12 heteroatoms. The van der Waals surface area contributed by atoms with Crippen molar-refractivity contribution in [3.63, 3.8) is 0 Å². The largest absolute Gasteiger partial charge is 0.444 e. The van der Waals surface area contributed by atoms with Crippen LogP contribution in [0.25, 0.3) is 5.69 Å². The highest BCUT2D eigenvalue weighted by Gasteiger charge is 2.42. The first-order valence-electron chi connectivity index (χ1n) is 17.7. The Bertz CT molecular complexity index is 1430. The minimum Gasteiger partial charge on any atom is -0.444 e. The van der Waals surface area contributed by atoms with Gasteiger partial charge in [-0.15, -0.1) is 5.10 Å². The van der Waals surface area contributed by atoms with E-state index >= 15 is 0 Å². The van der Waals surface area contributed by atoms with Gasteiger partial charge in [0.1, 0.15) is 5.60 Å². The fourth-order valence-electron chi connectivity index (χ4n) is 7.05. The maximum atomic E-state index is 14.7. The average molecular weight is 667 g/mol. The molecule has 0 saturated carbocycles. The van der Waals surface area contributed by atoms with Gasteiger partial charge < -0.3 is 28.9 Å². The molecular formula is C36H54N6O6. The number of amides is 3. The van der Waals surface area contributed by atoms with E-state index in [0.717, 1.165) is 43.5 Å². The number of carbonyl (C=O) groups excluding carboxylic acids is 3. The Hall–Kier alpha value is -3.51. The van der Waals surface area contributed by atoms with E-state index in [1.165, 1.54) is 11.1 Å². The lowest BCUT2D eigenvalue weighted by Gasteiger charge is -2.44. The summed E-state index contributed by atoms with van der Waals surface area (Å²) < 4.78 is 18.4. The lowest BCUT2D eigenvalue weighted by atomic mass is 9.91. The maximum absolute atomic E-state index is 14.7. The van der Waals surface area contributed by atoms with Crippen molar-refractivity contribution in [3.8, 4) is 5.69 Å². The number of unbranched alkanes of at least 4 members (excludes halogenated alkanes) is 1. The predicted octanol–water partition coefficient (Wildman–Crippen LogP) is 4.31. The zero-order chi connectivity index (χ0) is 34.4. The number of carbonyl (C=O) groups is 3. The van der Waals surface area contributed by atoms with Crippen LogP contribution in [0.2, 0.25) is 0 Å². The molecule has 0 spiro atoms. The van der Waals surface area contributed by atoms with Gasteiger partial charge in [-0.1, -0.05) is 25.1 Å². The number of nitrogens with zero attached hydrogens (tertiary/aromatic N) is 6. The number of aromatic nitrogens is 3. The Balaban J connectivity index is 1.48. The van der Waals surface area contributed by atoms with Crippen LogP contribution in [0.4, 0.5) is 4.79 Å². The Labute approximate surface area is 285 Å².